The van der Waals surface area contributed by atoms with Crippen LogP contribution in [0.15, 0.2) is 57.8 Å². The molecule has 0 saturated carbocycles. The third-order valence-electron chi connectivity index (χ3n) is 4.11. The molecule has 0 bridgehead atoms. The molecule has 130 valence electrons. The Morgan fingerprint density at radius 1 is 1.27 bits per heavy atom. The Bertz CT molecular complexity index is 1090. The highest BCUT2D eigenvalue weighted by Gasteiger charge is 2.16. The summed E-state index contributed by atoms with van der Waals surface area (Å²) in [6.07, 6.45) is 1.77. The maximum atomic E-state index is 12.7. The zero-order chi connectivity index (χ0) is 18.1. The summed E-state index contributed by atoms with van der Waals surface area (Å²) in [7, 11) is 1.78. The lowest BCUT2D eigenvalue weighted by Crippen LogP contribution is -2.25. The number of fused-ring (bicyclic) bond motifs is 1. The van der Waals surface area contributed by atoms with Gasteiger partial charge in [-0.25, -0.2) is 0 Å². The van der Waals surface area contributed by atoms with E-state index in [1.54, 1.807) is 29.3 Å². The molecule has 0 fully saturated rings. The van der Waals surface area contributed by atoms with Crippen molar-refractivity contribution in [3.63, 3.8) is 0 Å². The zero-order valence-electron chi connectivity index (χ0n) is 13.9. The Balaban J connectivity index is 1.55. The van der Waals surface area contributed by atoms with Crippen LogP contribution in [0.3, 0.4) is 0 Å². The number of aryl methyl sites for hydroxylation is 1. The van der Waals surface area contributed by atoms with E-state index in [9.17, 15) is 4.79 Å². The lowest BCUT2D eigenvalue weighted by Gasteiger charge is -2.07. The minimum atomic E-state index is -0.147. The lowest BCUT2D eigenvalue weighted by atomic mass is 10.1. The van der Waals surface area contributed by atoms with Gasteiger partial charge in [0.25, 0.3) is 5.91 Å². The van der Waals surface area contributed by atoms with Gasteiger partial charge in [-0.1, -0.05) is 15.9 Å². The molecule has 1 N–H and O–H groups in total. The number of carbonyl (C=O) groups is 1. The second-order valence-electron chi connectivity index (χ2n) is 5.88. The summed E-state index contributed by atoms with van der Waals surface area (Å²) in [5.41, 5.74) is 4.35. The van der Waals surface area contributed by atoms with Crippen LogP contribution in [0.5, 0.6) is 0 Å². The Kier molecular flexibility index (Phi) is 4.57. The van der Waals surface area contributed by atoms with E-state index in [1.165, 1.54) is 0 Å². The third-order valence-corrected chi connectivity index (χ3v) is 5.28. The van der Waals surface area contributed by atoms with Gasteiger partial charge in [0.05, 0.1) is 11.2 Å². The van der Waals surface area contributed by atoms with E-state index in [1.807, 2.05) is 41.8 Å². The van der Waals surface area contributed by atoms with Crippen molar-refractivity contribution in [1.82, 2.24) is 20.1 Å². The Hall–Kier alpha value is -2.51. The highest BCUT2D eigenvalue weighted by molar-refractivity contribution is 9.10. The maximum absolute atomic E-state index is 12.7. The number of nitrogens with one attached hydrogen (secondary N) is 1. The van der Waals surface area contributed by atoms with Crippen LogP contribution >= 0.6 is 27.3 Å². The van der Waals surface area contributed by atoms with Crippen LogP contribution in [0.1, 0.15) is 16.1 Å². The number of benzene rings is 1. The van der Waals surface area contributed by atoms with Gasteiger partial charge in [0, 0.05) is 40.6 Å². The number of halogens is 1. The molecule has 0 aliphatic rings. The maximum Gasteiger partial charge on any atom is 0.270 e. The van der Waals surface area contributed by atoms with Crippen LogP contribution in [0.4, 0.5) is 0 Å². The predicted molar refractivity (Wildman–Crippen MR) is 107 cm³/mol. The van der Waals surface area contributed by atoms with Gasteiger partial charge in [-0.2, -0.15) is 16.4 Å². The molecule has 4 rings (SSSR count). The monoisotopic (exact) mass is 426 g/mol. The first-order chi connectivity index (χ1) is 12.6. The smallest absolute Gasteiger partial charge is 0.270 e. The molecule has 1 aromatic carbocycles. The summed E-state index contributed by atoms with van der Waals surface area (Å²) < 4.78 is 2.56. The van der Waals surface area contributed by atoms with E-state index in [-0.39, 0.29) is 5.91 Å². The van der Waals surface area contributed by atoms with E-state index < -0.39 is 0 Å². The molecule has 1 amide bonds. The van der Waals surface area contributed by atoms with Crippen molar-refractivity contribution in [2.45, 2.75) is 6.54 Å². The van der Waals surface area contributed by atoms with Crippen molar-refractivity contribution >= 4 is 44.1 Å². The lowest BCUT2D eigenvalue weighted by molar-refractivity contribution is 0.0943. The van der Waals surface area contributed by atoms with Crippen LogP contribution in [0, 0.1) is 0 Å². The first kappa shape index (κ1) is 16.9. The van der Waals surface area contributed by atoms with Crippen molar-refractivity contribution in [1.29, 1.82) is 0 Å². The molecule has 0 aliphatic carbocycles. The highest BCUT2D eigenvalue weighted by atomic mass is 79.9. The first-order valence-corrected chi connectivity index (χ1v) is 9.73. The predicted octanol–water partition coefficient (Wildman–Crippen LogP) is 4.39. The Morgan fingerprint density at radius 2 is 2.15 bits per heavy atom. The number of thiophene rings is 1. The Labute approximate surface area is 162 Å². The largest absolute Gasteiger partial charge is 0.347 e. The van der Waals surface area contributed by atoms with Gasteiger partial charge in [0.1, 0.15) is 5.69 Å². The van der Waals surface area contributed by atoms with Crippen molar-refractivity contribution in [3.05, 3.63) is 69.1 Å². The number of carbonyl (C=O) groups excluding carboxylic acids is 1. The van der Waals surface area contributed by atoms with Crippen molar-refractivity contribution in [3.8, 4) is 11.3 Å². The van der Waals surface area contributed by atoms with E-state index in [2.05, 4.69) is 36.7 Å². The number of hydrogen-bond donors (Lipinski definition) is 1. The molecule has 3 heterocycles. The van der Waals surface area contributed by atoms with Crippen LogP contribution in [0.2, 0.25) is 0 Å². The first-order valence-electron chi connectivity index (χ1n) is 8.00. The highest BCUT2D eigenvalue weighted by Crippen LogP contribution is 2.23. The molecule has 0 radical (unpaired) electrons. The minimum Gasteiger partial charge on any atom is -0.347 e. The molecule has 0 unspecified atom stereocenters. The molecule has 0 spiro atoms. The van der Waals surface area contributed by atoms with E-state index >= 15 is 0 Å². The summed E-state index contributed by atoms with van der Waals surface area (Å²) in [5, 5.41) is 12.3. The fourth-order valence-corrected chi connectivity index (χ4v) is 3.86. The number of hydrogen-bond acceptors (Lipinski definition) is 4. The molecule has 0 saturated heterocycles. The summed E-state index contributed by atoms with van der Waals surface area (Å²) in [6.45, 7) is 0.432. The fourth-order valence-electron chi connectivity index (χ4n) is 2.86. The van der Waals surface area contributed by atoms with Gasteiger partial charge in [-0.3, -0.25) is 14.5 Å². The van der Waals surface area contributed by atoms with Crippen molar-refractivity contribution in [2.75, 3.05) is 0 Å². The van der Waals surface area contributed by atoms with Crippen LogP contribution < -0.4 is 5.32 Å². The number of amides is 1. The van der Waals surface area contributed by atoms with E-state index in [0.717, 1.165) is 32.2 Å². The summed E-state index contributed by atoms with van der Waals surface area (Å²) >= 11 is 5.07. The molecule has 0 aliphatic heterocycles. The SMILES string of the molecule is Cn1nc2cc(Br)ccc2c1C(=O)NCc1ccnc(-c2ccsc2)c1. The standard InChI is InChI=1S/C19H15BrN4OS/c1-24-18(15-3-2-14(20)9-17(15)23-24)19(25)22-10-12-4-6-21-16(8-12)13-5-7-26-11-13/h2-9,11H,10H2,1H3,(H,22,25). The summed E-state index contributed by atoms with van der Waals surface area (Å²) in [4.78, 5) is 17.1. The number of pyridine rings is 1. The summed E-state index contributed by atoms with van der Waals surface area (Å²) in [6, 6.07) is 11.7. The summed E-state index contributed by atoms with van der Waals surface area (Å²) in [5.74, 6) is -0.147. The average molecular weight is 427 g/mol. The molecule has 7 heteroatoms. The van der Waals surface area contributed by atoms with E-state index in [0.29, 0.717) is 12.2 Å². The number of aromatic nitrogens is 3. The van der Waals surface area contributed by atoms with Crippen molar-refractivity contribution in [2.24, 2.45) is 7.05 Å². The molecule has 5 nitrogen and oxygen atoms in total. The van der Waals surface area contributed by atoms with Crippen LogP contribution in [0.25, 0.3) is 22.2 Å². The number of rotatable bonds is 4. The van der Waals surface area contributed by atoms with Gasteiger partial charge < -0.3 is 5.32 Å². The third kappa shape index (κ3) is 3.27. The molecule has 26 heavy (non-hydrogen) atoms. The zero-order valence-corrected chi connectivity index (χ0v) is 16.3. The molecular formula is C19H15BrN4OS. The molecule has 4 aromatic rings. The Morgan fingerprint density at radius 3 is 2.96 bits per heavy atom. The van der Waals surface area contributed by atoms with Gasteiger partial charge >= 0.3 is 0 Å². The van der Waals surface area contributed by atoms with Crippen LogP contribution in [-0.4, -0.2) is 20.7 Å². The molecule has 3 aromatic heterocycles. The molecular weight excluding hydrogens is 412 g/mol. The van der Waals surface area contributed by atoms with Gasteiger partial charge in [0.15, 0.2) is 0 Å². The van der Waals surface area contributed by atoms with Crippen molar-refractivity contribution < 1.29 is 4.79 Å². The van der Waals surface area contributed by atoms with Crippen LogP contribution in [-0.2, 0) is 13.6 Å². The second kappa shape index (κ2) is 7.01. The van der Waals surface area contributed by atoms with Gasteiger partial charge in [-0.15, -0.1) is 0 Å². The van der Waals surface area contributed by atoms with E-state index in [4.69, 9.17) is 0 Å². The fraction of sp³-hybridized carbons (Fsp3) is 0.105. The van der Waals surface area contributed by atoms with Gasteiger partial charge in [-0.05, 0) is 47.3 Å². The van der Waals surface area contributed by atoms with Gasteiger partial charge in [0.2, 0.25) is 0 Å². The second-order valence-corrected chi connectivity index (χ2v) is 7.57. The minimum absolute atomic E-state index is 0.147. The quantitative estimate of drug-likeness (QED) is 0.526. The topological polar surface area (TPSA) is 59.8 Å². The molecule has 0 atom stereocenters. The number of nitrogens with zero attached hydrogens (tertiary/aromatic N) is 3. The normalized spacial score (nSPS) is 11.0. The average Bonchev–Trinajstić information content (AvgIpc) is 3.27.